The van der Waals surface area contributed by atoms with E-state index in [1.165, 1.54) is 63.1 Å². The van der Waals surface area contributed by atoms with Crippen molar-refractivity contribution in [1.29, 1.82) is 0 Å². The molecule has 0 bridgehead atoms. The van der Waals surface area contributed by atoms with Crippen LogP contribution in [-0.4, -0.2) is 50.7 Å². The Hall–Kier alpha value is -1.72. The van der Waals surface area contributed by atoms with Crippen LogP contribution in [-0.2, 0) is 20.1 Å². The first-order valence-corrected chi connectivity index (χ1v) is 10.2. The van der Waals surface area contributed by atoms with Gasteiger partial charge in [0.25, 0.3) is 0 Å². The lowest BCUT2D eigenvalue weighted by atomic mass is 9.96. The largest absolute Gasteiger partial charge is 0.317 e. The lowest BCUT2D eigenvalue weighted by Crippen LogP contribution is -2.35. The molecule has 0 N–H and O–H groups in total. The smallest absolute Gasteiger partial charge is 0.146 e. The molecule has 1 aromatic carbocycles. The summed E-state index contributed by atoms with van der Waals surface area (Å²) in [4.78, 5) is 5.10. The van der Waals surface area contributed by atoms with Gasteiger partial charge in [-0.3, -0.25) is 9.80 Å². The highest BCUT2D eigenvalue weighted by atomic mass is 15.3. The monoisotopic (exact) mass is 353 g/mol. The van der Waals surface area contributed by atoms with Crippen LogP contribution >= 0.6 is 0 Å². The first-order chi connectivity index (χ1) is 12.8. The van der Waals surface area contributed by atoms with E-state index in [0.29, 0.717) is 5.92 Å². The van der Waals surface area contributed by atoms with Crippen molar-refractivity contribution in [2.45, 2.75) is 51.1 Å². The van der Waals surface area contributed by atoms with Gasteiger partial charge in [0.2, 0.25) is 0 Å². The first-order valence-electron chi connectivity index (χ1n) is 10.2. The van der Waals surface area contributed by atoms with Crippen LogP contribution in [0.25, 0.3) is 0 Å². The molecule has 0 unspecified atom stereocenters. The number of likely N-dealkylation sites (tertiary alicyclic amines) is 2. The maximum absolute atomic E-state index is 4.61. The predicted molar refractivity (Wildman–Crippen MR) is 104 cm³/mol. The van der Waals surface area contributed by atoms with Crippen LogP contribution in [0, 0.1) is 0 Å². The molecule has 5 heteroatoms. The fourth-order valence-corrected chi connectivity index (χ4v) is 4.44. The molecule has 2 aromatic rings. The Morgan fingerprint density at radius 2 is 1.65 bits per heavy atom. The van der Waals surface area contributed by atoms with Crippen molar-refractivity contribution in [2.24, 2.45) is 7.05 Å². The van der Waals surface area contributed by atoms with Gasteiger partial charge in [0.05, 0.1) is 6.54 Å². The van der Waals surface area contributed by atoms with Crippen LogP contribution in [0.3, 0.4) is 0 Å². The molecule has 140 valence electrons. The Morgan fingerprint density at radius 1 is 0.885 bits per heavy atom. The fourth-order valence-electron chi connectivity index (χ4n) is 4.44. The third kappa shape index (κ3) is 4.15. The van der Waals surface area contributed by atoms with Crippen LogP contribution in [0.1, 0.15) is 55.2 Å². The van der Waals surface area contributed by atoms with Crippen LogP contribution in [0.15, 0.2) is 30.3 Å². The minimum atomic E-state index is 0.500. The molecule has 5 nitrogen and oxygen atoms in total. The van der Waals surface area contributed by atoms with E-state index in [1.807, 2.05) is 0 Å². The van der Waals surface area contributed by atoms with E-state index in [0.717, 1.165) is 25.5 Å². The van der Waals surface area contributed by atoms with Crippen LogP contribution in [0.4, 0.5) is 0 Å². The molecular weight excluding hydrogens is 322 g/mol. The topological polar surface area (TPSA) is 37.2 Å². The van der Waals surface area contributed by atoms with Crippen molar-refractivity contribution in [2.75, 3.05) is 26.2 Å². The Morgan fingerprint density at radius 3 is 2.46 bits per heavy atom. The van der Waals surface area contributed by atoms with Crippen molar-refractivity contribution in [3.63, 3.8) is 0 Å². The van der Waals surface area contributed by atoms with E-state index in [9.17, 15) is 0 Å². The van der Waals surface area contributed by atoms with Gasteiger partial charge >= 0.3 is 0 Å². The highest BCUT2D eigenvalue weighted by Gasteiger charge is 2.26. The van der Waals surface area contributed by atoms with Gasteiger partial charge in [-0.15, -0.1) is 10.2 Å². The molecule has 2 aliphatic rings. The molecule has 0 spiro atoms. The van der Waals surface area contributed by atoms with Crippen molar-refractivity contribution in [3.05, 3.63) is 47.5 Å². The number of nitrogens with zero attached hydrogens (tertiary/aromatic N) is 5. The molecule has 26 heavy (non-hydrogen) atoms. The summed E-state index contributed by atoms with van der Waals surface area (Å²) in [5.41, 5.74) is 1.40. The molecular formula is C21H31N5. The third-order valence-corrected chi connectivity index (χ3v) is 5.93. The normalized spacial score (nSPS) is 22.6. The van der Waals surface area contributed by atoms with Gasteiger partial charge in [-0.1, -0.05) is 36.8 Å². The van der Waals surface area contributed by atoms with Gasteiger partial charge in [-0.05, 0) is 50.9 Å². The minimum Gasteiger partial charge on any atom is -0.317 e. The van der Waals surface area contributed by atoms with Gasteiger partial charge < -0.3 is 4.57 Å². The standard InChI is InChI=1S/C21H31N5/c1-24-20(17-25-12-6-3-7-13-25)22-23-21(24)19-11-8-14-26(16-19)15-18-9-4-2-5-10-18/h2,4-5,9-10,19H,3,6-8,11-17H2,1H3/t19-/m0/s1. The predicted octanol–water partition coefficient (Wildman–Crippen LogP) is 3.18. The summed E-state index contributed by atoms with van der Waals surface area (Å²) in [6, 6.07) is 10.8. The zero-order valence-corrected chi connectivity index (χ0v) is 16.0. The SMILES string of the molecule is Cn1c(CN2CCCCC2)nnc1[C@H]1CCCN(Cc2ccccc2)C1. The Kier molecular flexibility index (Phi) is 5.65. The lowest BCUT2D eigenvalue weighted by Gasteiger charge is -2.32. The van der Waals surface area contributed by atoms with Crippen LogP contribution < -0.4 is 0 Å². The number of piperidine rings is 2. The number of hydrogen-bond acceptors (Lipinski definition) is 4. The quantitative estimate of drug-likeness (QED) is 0.827. The third-order valence-electron chi connectivity index (χ3n) is 5.93. The van der Waals surface area contributed by atoms with E-state index in [1.54, 1.807) is 0 Å². The summed E-state index contributed by atoms with van der Waals surface area (Å²) in [7, 11) is 2.16. The molecule has 0 radical (unpaired) electrons. The van der Waals surface area contributed by atoms with E-state index < -0.39 is 0 Å². The maximum atomic E-state index is 4.61. The van der Waals surface area contributed by atoms with Crippen molar-refractivity contribution in [3.8, 4) is 0 Å². The molecule has 0 saturated carbocycles. The van der Waals surface area contributed by atoms with Gasteiger partial charge in [-0.25, -0.2) is 0 Å². The van der Waals surface area contributed by atoms with Crippen LogP contribution in [0.5, 0.6) is 0 Å². The summed E-state index contributed by atoms with van der Waals surface area (Å²) in [6.07, 6.45) is 6.48. The van der Waals surface area contributed by atoms with Crippen LogP contribution in [0.2, 0.25) is 0 Å². The van der Waals surface area contributed by atoms with Gasteiger partial charge in [-0.2, -0.15) is 0 Å². The number of benzene rings is 1. The molecule has 2 saturated heterocycles. The second-order valence-electron chi connectivity index (χ2n) is 7.93. The van der Waals surface area contributed by atoms with Gasteiger partial charge in [0, 0.05) is 26.1 Å². The molecule has 0 aliphatic carbocycles. The highest BCUT2D eigenvalue weighted by molar-refractivity contribution is 5.15. The Bertz CT molecular complexity index is 690. The molecule has 2 aliphatic heterocycles. The maximum Gasteiger partial charge on any atom is 0.146 e. The number of rotatable bonds is 5. The average Bonchev–Trinajstić information content (AvgIpc) is 3.04. The zero-order chi connectivity index (χ0) is 17.8. The van der Waals surface area contributed by atoms with E-state index in [-0.39, 0.29) is 0 Å². The molecule has 0 amide bonds. The van der Waals surface area contributed by atoms with Gasteiger partial charge in [0.15, 0.2) is 0 Å². The van der Waals surface area contributed by atoms with Crippen molar-refractivity contribution >= 4 is 0 Å². The molecule has 3 heterocycles. The summed E-state index contributed by atoms with van der Waals surface area (Å²) in [6.45, 7) is 6.67. The van der Waals surface area contributed by atoms with Crippen molar-refractivity contribution in [1.82, 2.24) is 24.6 Å². The summed E-state index contributed by atoms with van der Waals surface area (Å²) < 4.78 is 2.27. The molecule has 1 aromatic heterocycles. The second-order valence-corrected chi connectivity index (χ2v) is 7.93. The van der Waals surface area contributed by atoms with E-state index in [4.69, 9.17) is 0 Å². The zero-order valence-electron chi connectivity index (χ0n) is 16.0. The van der Waals surface area contributed by atoms with E-state index >= 15 is 0 Å². The Labute approximate surface area is 157 Å². The molecule has 1 atom stereocenters. The van der Waals surface area contributed by atoms with E-state index in [2.05, 4.69) is 61.9 Å². The lowest BCUT2D eigenvalue weighted by molar-refractivity contribution is 0.194. The molecule has 2 fully saturated rings. The van der Waals surface area contributed by atoms with Gasteiger partial charge in [0.1, 0.15) is 11.6 Å². The number of aromatic nitrogens is 3. The number of hydrogen-bond donors (Lipinski definition) is 0. The summed E-state index contributed by atoms with van der Waals surface area (Å²) in [5, 5.41) is 9.15. The molecule has 4 rings (SSSR count). The summed E-state index contributed by atoms with van der Waals surface area (Å²) in [5.74, 6) is 2.80. The fraction of sp³-hybridized carbons (Fsp3) is 0.619. The minimum absolute atomic E-state index is 0.500. The highest BCUT2D eigenvalue weighted by Crippen LogP contribution is 2.27. The second kappa shape index (κ2) is 8.31. The first kappa shape index (κ1) is 17.7. The van der Waals surface area contributed by atoms with Crippen molar-refractivity contribution < 1.29 is 0 Å². The Balaban J connectivity index is 1.40. The average molecular weight is 354 g/mol. The summed E-state index contributed by atoms with van der Waals surface area (Å²) >= 11 is 0.